The summed E-state index contributed by atoms with van der Waals surface area (Å²) in [5.74, 6) is 0. The molecule has 0 saturated carbocycles. The van der Waals surface area contributed by atoms with Crippen molar-refractivity contribution in [1.82, 2.24) is 10.3 Å². The molecule has 0 aliphatic carbocycles. The maximum absolute atomic E-state index is 5.28. The van der Waals surface area contributed by atoms with Gasteiger partial charge in [-0.05, 0) is 0 Å². The summed E-state index contributed by atoms with van der Waals surface area (Å²) < 4.78 is 10.4. The van der Waals surface area contributed by atoms with Crippen molar-refractivity contribution in [2.45, 2.75) is 38.8 Å². The van der Waals surface area contributed by atoms with E-state index in [1.807, 2.05) is 0 Å². The Kier molecular flexibility index (Phi) is 6.21. The molecule has 0 amide bonds. The van der Waals surface area contributed by atoms with E-state index >= 15 is 0 Å². The van der Waals surface area contributed by atoms with E-state index in [1.165, 1.54) is 0 Å². The second-order valence-corrected chi connectivity index (χ2v) is 6.26. The van der Waals surface area contributed by atoms with Gasteiger partial charge in [0.1, 0.15) is 5.01 Å². The predicted molar refractivity (Wildman–Crippen MR) is 75.2 cm³/mol. The highest BCUT2D eigenvalue weighted by atomic mass is 32.1. The Morgan fingerprint density at radius 2 is 2.11 bits per heavy atom. The van der Waals surface area contributed by atoms with Gasteiger partial charge in [0.25, 0.3) is 0 Å². The minimum atomic E-state index is 0.0945. The fourth-order valence-electron chi connectivity index (χ4n) is 1.47. The van der Waals surface area contributed by atoms with E-state index in [0.717, 1.165) is 23.8 Å². The third-order valence-corrected chi connectivity index (χ3v) is 3.50. The standard InChI is InChI=1S/C13H24N2O2S/c1-13(2,3)11-9-18-12(15-11)7-14-6-10(17-5)8-16-4/h9-10,14H,6-8H2,1-5H3. The fraction of sp³-hybridized carbons (Fsp3) is 0.769. The smallest absolute Gasteiger partial charge is 0.107 e. The number of ether oxygens (including phenoxy) is 2. The van der Waals surface area contributed by atoms with E-state index in [-0.39, 0.29) is 11.5 Å². The minimum absolute atomic E-state index is 0.0945. The van der Waals surface area contributed by atoms with Gasteiger partial charge in [-0.3, -0.25) is 0 Å². The Hall–Kier alpha value is -0.490. The van der Waals surface area contributed by atoms with Gasteiger partial charge < -0.3 is 14.8 Å². The van der Waals surface area contributed by atoms with Crippen LogP contribution in [0.15, 0.2) is 5.38 Å². The van der Waals surface area contributed by atoms with Crippen LogP contribution in [0.25, 0.3) is 0 Å². The highest BCUT2D eigenvalue weighted by molar-refractivity contribution is 7.09. The van der Waals surface area contributed by atoms with Crippen molar-refractivity contribution in [2.24, 2.45) is 0 Å². The summed E-state index contributed by atoms with van der Waals surface area (Å²) in [5.41, 5.74) is 1.28. The van der Waals surface area contributed by atoms with Crippen molar-refractivity contribution >= 4 is 11.3 Å². The first-order valence-corrected chi connectivity index (χ1v) is 7.02. The molecule has 0 fully saturated rings. The summed E-state index contributed by atoms with van der Waals surface area (Å²) in [5, 5.41) is 6.60. The molecule has 1 rings (SSSR count). The molecule has 104 valence electrons. The van der Waals surface area contributed by atoms with Crippen molar-refractivity contribution in [2.75, 3.05) is 27.4 Å². The fourth-order valence-corrected chi connectivity index (χ4v) is 2.46. The van der Waals surface area contributed by atoms with Crippen molar-refractivity contribution in [1.29, 1.82) is 0 Å². The van der Waals surface area contributed by atoms with E-state index < -0.39 is 0 Å². The van der Waals surface area contributed by atoms with Crippen LogP contribution in [0.4, 0.5) is 0 Å². The Balaban J connectivity index is 2.37. The van der Waals surface area contributed by atoms with Crippen molar-refractivity contribution in [3.05, 3.63) is 16.1 Å². The average Bonchev–Trinajstić information content (AvgIpc) is 2.76. The number of nitrogens with zero attached hydrogens (tertiary/aromatic N) is 1. The Labute approximate surface area is 114 Å². The molecular weight excluding hydrogens is 248 g/mol. The van der Waals surface area contributed by atoms with Gasteiger partial charge in [-0.1, -0.05) is 20.8 Å². The third kappa shape index (κ3) is 5.02. The lowest BCUT2D eigenvalue weighted by atomic mass is 9.93. The van der Waals surface area contributed by atoms with Gasteiger partial charge in [0, 0.05) is 38.1 Å². The Morgan fingerprint density at radius 1 is 1.39 bits per heavy atom. The molecule has 18 heavy (non-hydrogen) atoms. The highest BCUT2D eigenvalue weighted by Gasteiger charge is 2.17. The molecule has 4 nitrogen and oxygen atoms in total. The normalized spacial score (nSPS) is 13.8. The van der Waals surface area contributed by atoms with Gasteiger partial charge in [-0.15, -0.1) is 11.3 Å². The van der Waals surface area contributed by atoms with Crippen LogP contribution in [0.5, 0.6) is 0 Å². The molecule has 0 bridgehead atoms. The molecule has 1 aromatic heterocycles. The predicted octanol–water partition coefficient (Wildman–Crippen LogP) is 2.19. The van der Waals surface area contributed by atoms with Crippen molar-refractivity contribution < 1.29 is 9.47 Å². The molecule has 0 aliphatic heterocycles. The molecule has 0 radical (unpaired) electrons. The van der Waals surface area contributed by atoms with Crippen LogP contribution < -0.4 is 5.32 Å². The van der Waals surface area contributed by atoms with Gasteiger partial charge in [-0.25, -0.2) is 4.98 Å². The number of thiazole rings is 1. The van der Waals surface area contributed by atoms with Crippen LogP contribution in [0.1, 0.15) is 31.5 Å². The zero-order valence-electron chi connectivity index (χ0n) is 11.9. The molecule has 0 spiro atoms. The Morgan fingerprint density at radius 3 is 2.61 bits per heavy atom. The lowest BCUT2D eigenvalue weighted by Gasteiger charge is -2.15. The minimum Gasteiger partial charge on any atom is -0.382 e. The maximum atomic E-state index is 5.28. The lowest BCUT2D eigenvalue weighted by molar-refractivity contribution is 0.0288. The highest BCUT2D eigenvalue weighted by Crippen LogP contribution is 2.23. The first kappa shape index (κ1) is 15.6. The van der Waals surface area contributed by atoms with Gasteiger partial charge >= 0.3 is 0 Å². The van der Waals surface area contributed by atoms with E-state index in [4.69, 9.17) is 9.47 Å². The lowest BCUT2D eigenvalue weighted by Crippen LogP contribution is -2.31. The zero-order valence-corrected chi connectivity index (χ0v) is 12.8. The largest absolute Gasteiger partial charge is 0.382 e. The molecule has 0 aliphatic rings. The average molecular weight is 272 g/mol. The van der Waals surface area contributed by atoms with Crippen LogP contribution in [-0.2, 0) is 21.4 Å². The van der Waals surface area contributed by atoms with Crippen LogP contribution in [0, 0.1) is 0 Å². The number of hydrogen-bond acceptors (Lipinski definition) is 5. The SMILES string of the molecule is COCC(CNCc1nc(C(C)(C)C)cs1)OC. The molecule has 0 aromatic carbocycles. The number of nitrogens with one attached hydrogen (secondary N) is 1. The van der Waals surface area contributed by atoms with Gasteiger partial charge in [0.15, 0.2) is 0 Å². The van der Waals surface area contributed by atoms with Crippen LogP contribution in [0.3, 0.4) is 0 Å². The molecule has 1 atom stereocenters. The van der Waals surface area contributed by atoms with Crippen LogP contribution in [-0.4, -0.2) is 38.5 Å². The molecule has 1 N–H and O–H groups in total. The molecule has 5 heteroatoms. The molecule has 1 heterocycles. The summed E-state index contributed by atoms with van der Waals surface area (Å²) in [7, 11) is 3.38. The maximum Gasteiger partial charge on any atom is 0.107 e. The summed E-state index contributed by atoms with van der Waals surface area (Å²) in [6, 6.07) is 0. The van der Waals surface area contributed by atoms with Gasteiger partial charge in [0.05, 0.1) is 18.4 Å². The quantitative estimate of drug-likeness (QED) is 0.826. The number of rotatable bonds is 7. The molecule has 1 aromatic rings. The number of methoxy groups -OCH3 is 2. The summed E-state index contributed by atoms with van der Waals surface area (Å²) in [4.78, 5) is 4.63. The monoisotopic (exact) mass is 272 g/mol. The van der Waals surface area contributed by atoms with E-state index in [1.54, 1.807) is 25.6 Å². The van der Waals surface area contributed by atoms with E-state index in [2.05, 4.69) is 36.5 Å². The summed E-state index contributed by atoms with van der Waals surface area (Å²) >= 11 is 1.70. The second-order valence-electron chi connectivity index (χ2n) is 5.32. The topological polar surface area (TPSA) is 43.4 Å². The van der Waals surface area contributed by atoms with Crippen LogP contribution in [0.2, 0.25) is 0 Å². The van der Waals surface area contributed by atoms with Crippen molar-refractivity contribution in [3.63, 3.8) is 0 Å². The summed E-state index contributed by atoms with van der Waals surface area (Å²) in [6.45, 7) is 8.70. The van der Waals surface area contributed by atoms with Crippen LogP contribution >= 0.6 is 11.3 Å². The van der Waals surface area contributed by atoms with E-state index in [9.17, 15) is 0 Å². The molecular formula is C13H24N2O2S. The Bertz CT molecular complexity index is 347. The first-order chi connectivity index (χ1) is 8.47. The number of aromatic nitrogens is 1. The third-order valence-electron chi connectivity index (χ3n) is 2.65. The van der Waals surface area contributed by atoms with Gasteiger partial charge in [-0.2, -0.15) is 0 Å². The molecule has 0 saturated heterocycles. The first-order valence-electron chi connectivity index (χ1n) is 6.14. The van der Waals surface area contributed by atoms with E-state index in [0.29, 0.717) is 6.61 Å². The summed E-state index contributed by atoms with van der Waals surface area (Å²) in [6.07, 6.45) is 0.0945. The second kappa shape index (κ2) is 7.19. The zero-order chi connectivity index (χ0) is 13.6. The van der Waals surface area contributed by atoms with Gasteiger partial charge in [0.2, 0.25) is 0 Å². The number of hydrogen-bond donors (Lipinski definition) is 1. The van der Waals surface area contributed by atoms with Crippen molar-refractivity contribution in [3.8, 4) is 0 Å². The molecule has 1 unspecified atom stereocenters.